The van der Waals surface area contributed by atoms with Crippen LogP contribution in [-0.4, -0.2) is 12.6 Å². The molecule has 66 valence electrons. The second-order valence-electron chi connectivity index (χ2n) is 3.12. The Morgan fingerprint density at radius 2 is 2.46 bits per heavy atom. The summed E-state index contributed by atoms with van der Waals surface area (Å²) >= 11 is 0. The predicted octanol–water partition coefficient (Wildman–Crippen LogP) is 1.69. The lowest BCUT2D eigenvalue weighted by molar-refractivity contribution is 0.259. The van der Waals surface area contributed by atoms with Gasteiger partial charge in [-0.2, -0.15) is 5.26 Å². The summed E-state index contributed by atoms with van der Waals surface area (Å²) < 4.78 is 5.44. The fourth-order valence-corrected chi connectivity index (χ4v) is 1.34. The van der Waals surface area contributed by atoms with Gasteiger partial charge in [-0.1, -0.05) is 6.07 Å². The van der Waals surface area contributed by atoms with Crippen molar-refractivity contribution in [3.63, 3.8) is 0 Å². The molecule has 1 atom stereocenters. The number of hydrogen-bond donors (Lipinski definition) is 1. The zero-order valence-electron chi connectivity index (χ0n) is 7.37. The standard InChI is InChI=1S/C10H10N2O/c1-7-2-3-9-10(4-7)13-8(5-11)6-12-9/h2-4,8,12H,6H2,1H3. The molecular weight excluding hydrogens is 164 g/mol. The van der Waals surface area contributed by atoms with Crippen molar-refractivity contribution in [2.75, 3.05) is 11.9 Å². The molecule has 2 rings (SSSR count). The minimum atomic E-state index is -0.366. The first-order valence-electron chi connectivity index (χ1n) is 4.20. The molecule has 1 heterocycles. The Morgan fingerprint density at radius 1 is 1.62 bits per heavy atom. The number of ether oxygens (including phenoxy) is 1. The molecule has 1 aliphatic heterocycles. The van der Waals surface area contributed by atoms with E-state index in [2.05, 4.69) is 11.4 Å². The van der Waals surface area contributed by atoms with Crippen LogP contribution in [0.25, 0.3) is 0 Å². The van der Waals surface area contributed by atoms with E-state index in [1.807, 2.05) is 25.1 Å². The highest BCUT2D eigenvalue weighted by atomic mass is 16.5. The van der Waals surface area contributed by atoms with Gasteiger partial charge in [-0.05, 0) is 24.6 Å². The summed E-state index contributed by atoms with van der Waals surface area (Å²) in [5.74, 6) is 0.776. The Kier molecular flexibility index (Phi) is 1.82. The van der Waals surface area contributed by atoms with Crippen LogP contribution in [0.15, 0.2) is 18.2 Å². The van der Waals surface area contributed by atoms with E-state index in [4.69, 9.17) is 10.00 Å². The van der Waals surface area contributed by atoms with Gasteiger partial charge in [-0.25, -0.2) is 0 Å². The summed E-state index contributed by atoms with van der Waals surface area (Å²) in [5.41, 5.74) is 2.11. The van der Waals surface area contributed by atoms with Crippen molar-refractivity contribution in [3.8, 4) is 11.8 Å². The average Bonchev–Trinajstić information content (AvgIpc) is 2.16. The number of anilines is 1. The molecule has 1 aromatic carbocycles. The third kappa shape index (κ3) is 1.43. The molecule has 0 radical (unpaired) electrons. The Hall–Kier alpha value is -1.69. The molecule has 1 N–H and O–H groups in total. The average molecular weight is 174 g/mol. The van der Waals surface area contributed by atoms with Crippen molar-refractivity contribution >= 4 is 5.69 Å². The van der Waals surface area contributed by atoms with E-state index >= 15 is 0 Å². The lowest BCUT2D eigenvalue weighted by Gasteiger charge is -2.23. The second kappa shape index (κ2) is 2.98. The minimum Gasteiger partial charge on any atom is -0.472 e. The van der Waals surface area contributed by atoms with Crippen molar-refractivity contribution < 1.29 is 4.74 Å². The van der Waals surface area contributed by atoms with E-state index in [0.717, 1.165) is 17.0 Å². The topological polar surface area (TPSA) is 45.0 Å². The monoisotopic (exact) mass is 174 g/mol. The van der Waals surface area contributed by atoms with E-state index in [1.165, 1.54) is 0 Å². The van der Waals surface area contributed by atoms with E-state index < -0.39 is 0 Å². The summed E-state index contributed by atoms with van der Waals surface area (Å²) in [7, 11) is 0. The van der Waals surface area contributed by atoms with E-state index in [9.17, 15) is 0 Å². The number of rotatable bonds is 0. The van der Waals surface area contributed by atoms with Gasteiger partial charge in [0.15, 0.2) is 0 Å². The molecule has 0 amide bonds. The largest absolute Gasteiger partial charge is 0.472 e. The maximum atomic E-state index is 8.67. The first-order chi connectivity index (χ1) is 6.29. The smallest absolute Gasteiger partial charge is 0.201 e. The number of aryl methyl sites for hydroxylation is 1. The van der Waals surface area contributed by atoms with Gasteiger partial charge >= 0.3 is 0 Å². The quantitative estimate of drug-likeness (QED) is 0.651. The maximum absolute atomic E-state index is 8.67. The van der Waals surface area contributed by atoms with E-state index in [0.29, 0.717) is 6.54 Å². The molecule has 13 heavy (non-hydrogen) atoms. The summed E-state index contributed by atoms with van der Waals surface area (Å²) in [6.45, 7) is 2.56. The number of benzene rings is 1. The molecular formula is C10H10N2O. The van der Waals surface area contributed by atoms with Crippen LogP contribution in [0.3, 0.4) is 0 Å². The Balaban J connectivity index is 2.34. The molecule has 0 aromatic heterocycles. The molecule has 0 aliphatic carbocycles. The number of nitrogens with one attached hydrogen (secondary N) is 1. The Morgan fingerprint density at radius 3 is 3.23 bits per heavy atom. The van der Waals surface area contributed by atoms with Crippen LogP contribution in [0.1, 0.15) is 5.56 Å². The third-order valence-electron chi connectivity index (χ3n) is 2.03. The van der Waals surface area contributed by atoms with E-state index in [-0.39, 0.29) is 6.10 Å². The fourth-order valence-electron chi connectivity index (χ4n) is 1.34. The highest BCUT2D eigenvalue weighted by molar-refractivity contribution is 5.59. The van der Waals surface area contributed by atoms with Gasteiger partial charge < -0.3 is 10.1 Å². The Bertz CT molecular complexity index is 368. The van der Waals surface area contributed by atoms with Crippen LogP contribution in [0, 0.1) is 18.3 Å². The second-order valence-corrected chi connectivity index (χ2v) is 3.12. The Labute approximate surface area is 76.9 Å². The van der Waals surface area contributed by atoms with Gasteiger partial charge in [0.25, 0.3) is 0 Å². The summed E-state index contributed by atoms with van der Waals surface area (Å²) in [6, 6.07) is 8.00. The molecule has 0 fully saturated rings. The zero-order valence-corrected chi connectivity index (χ0v) is 7.37. The molecule has 1 aliphatic rings. The van der Waals surface area contributed by atoms with Crippen molar-refractivity contribution in [3.05, 3.63) is 23.8 Å². The molecule has 0 saturated carbocycles. The van der Waals surface area contributed by atoms with Crippen LogP contribution < -0.4 is 10.1 Å². The lowest BCUT2D eigenvalue weighted by Crippen LogP contribution is -2.29. The van der Waals surface area contributed by atoms with Gasteiger partial charge in [0, 0.05) is 0 Å². The highest BCUT2D eigenvalue weighted by Gasteiger charge is 2.17. The molecule has 0 saturated heterocycles. The van der Waals surface area contributed by atoms with Crippen LogP contribution >= 0.6 is 0 Å². The van der Waals surface area contributed by atoms with Crippen molar-refractivity contribution in [2.24, 2.45) is 0 Å². The maximum Gasteiger partial charge on any atom is 0.201 e. The highest BCUT2D eigenvalue weighted by Crippen LogP contribution is 2.29. The van der Waals surface area contributed by atoms with Gasteiger partial charge in [0.05, 0.1) is 12.2 Å². The molecule has 1 aromatic rings. The molecule has 0 bridgehead atoms. The zero-order chi connectivity index (χ0) is 9.26. The van der Waals surface area contributed by atoms with Crippen LogP contribution in [0.5, 0.6) is 5.75 Å². The van der Waals surface area contributed by atoms with Gasteiger partial charge in [-0.15, -0.1) is 0 Å². The van der Waals surface area contributed by atoms with Gasteiger partial charge in [-0.3, -0.25) is 0 Å². The summed E-state index contributed by atoms with van der Waals surface area (Å²) in [6.07, 6.45) is -0.366. The summed E-state index contributed by atoms with van der Waals surface area (Å²) in [4.78, 5) is 0. The first kappa shape index (κ1) is 7.93. The number of fused-ring (bicyclic) bond motifs is 1. The van der Waals surface area contributed by atoms with Crippen LogP contribution in [0.2, 0.25) is 0 Å². The first-order valence-corrected chi connectivity index (χ1v) is 4.20. The fraction of sp³-hybridized carbons (Fsp3) is 0.300. The molecule has 3 heteroatoms. The number of nitrogens with zero attached hydrogens (tertiary/aromatic N) is 1. The SMILES string of the molecule is Cc1ccc2c(c1)OC(C#N)CN2. The minimum absolute atomic E-state index is 0.366. The van der Waals surface area contributed by atoms with Gasteiger partial charge in [0.1, 0.15) is 11.8 Å². The number of hydrogen-bond acceptors (Lipinski definition) is 3. The third-order valence-corrected chi connectivity index (χ3v) is 2.03. The van der Waals surface area contributed by atoms with Crippen molar-refractivity contribution in [1.29, 1.82) is 5.26 Å². The summed E-state index contributed by atoms with van der Waals surface area (Å²) in [5, 5.41) is 11.8. The lowest BCUT2D eigenvalue weighted by atomic mass is 10.2. The molecule has 1 unspecified atom stereocenters. The van der Waals surface area contributed by atoms with Crippen LogP contribution in [0.4, 0.5) is 5.69 Å². The molecule has 3 nitrogen and oxygen atoms in total. The van der Waals surface area contributed by atoms with Crippen molar-refractivity contribution in [1.82, 2.24) is 0 Å². The predicted molar refractivity (Wildman–Crippen MR) is 49.7 cm³/mol. The number of nitriles is 1. The van der Waals surface area contributed by atoms with Crippen LogP contribution in [-0.2, 0) is 0 Å². The van der Waals surface area contributed by atoms with Gasteiger partial charge in [0.2, 0.25) is 6.10 Å². The normalized spacial score (nSPS) is 19.2. The molecule has 0 spiro atoms. The van der Waals surface area contributed by atoms with Crippen molar-refractivity contribution in [2.45, 2.75) is 13.0 Å². The van der Waals surface area contributed by atoms with E-state index in [1.54, 1.807) is 0 Å².